The average molecular weight is 367 g/mol. The van der Waals surface area contributed by atoms with Gasteiger partial charge in [-0.15, -0.1) is 10.2 Å². The Balaban J connectivity index is 1.65. The van der Waals surface area contributed by atoms with Crippen LogP contribution in [0.5, 0.6) is 0 Å². The van der Waals surface area contributed by atoms with Crippen molar-refractivity contribution in [3.8, 4) is 22.5 Å². The van der Waals surface area contributed by atoms with Crippen molar-refractivity contribution < 1.29 is 4.79 Å². The molecule has 0 spiro atoms. The summed E-state index contributed by atoms with van der Waals surface area (Å²) in [4.78, 5) is 16.8. The highest BCUT2D eigenvalue weighted by Crippen LogP contribution is 2.28. The van der Waals surface area contributed by atoms with Gasteiger partial charge < -0.3 is 5.32 Å². The minimum Gasteiger partial charge on any atom is -0.308 e. The predicted octanol–water partition coefficient (Wildman–Crippen LogP) is 4.85. The highest BCUT2D eigenvalue weighted by Gasteiger charge is 2.14. The summed E-state index contributed by atoms with van der Waals surface area (Å²) >= 11 is 0. The maximum atomic E-state index is 12.3. The molecule has 4 rings (SSSR count). The van der Waals surface area contributed by atoms with Crippen molar-refractivity contribution in [2.24, 2.45) is 0 Å². The number of hydrogen-bond donors (Lipinski definition) is 2. The first-order valence-corrected chi connectivity index (χ1v) is 8.78. The minimum atomic E-state index is -0.431. The van der Waals surface area contributed by atoms with Gasteiger partial charge >= 0.3 is 6.03 Å². The van der Waals surface area contributed by atoms with Gasteiger partial charge in [0.2, 0.25) is 0 Å². The van der Waals surface area contributed by atoms with Crippen LogP contribution in [0.25, 0.3) is 22.5 Å². The molecule has 6 nitrogen and oxygen atoms in total. The van der Waals surface area contributed by atoms with Crippen LogP contribution in [0, 0.1) is 0 Å². The predicted molar refractivity (Wildman–Crippen MR) is 110 cm³/mol. The van der Waals surface area contributed by atoms with E-state index in [-0.39, 0.29) is 5.95 Å². The molecule has 0 radical (unpaired) electrons. The topological polar surface area (TPSA) is 79.8 Å². The van der Waals surface area contributed by atoms with Crippen molar-refractivity contribution in [2.75, 3.05) is 10.6 Å². The lowest BCUT2D eigenvalue weighted by atomic mass is 10.0. The van der Waals surface area contributed by atoms with Crippen molar-refractivity contribution in [2.45, 2.75) is 0 Å². The fraction of sp³-hybridized carbons (Fsp3) is 0. The molecule has 136 valence electrons. The summed E-state index contributed by atoms with van der Waals surface area (Å²) in [6.07, 6.45) is 0. The van der Waals surface area contributed by atoms with Gasteiger partial charge in [-0.3, -0.25) is 5.32 Å². The highest BCUT2D eigenvalue weighted by atomic mass is 16.2. The van der Waals surface area contributed by atoms with Gasteiger partial charge in [0.1, 0.15) is 11.4 Å². The number of anilines is 2. The standard InChI is InChI=1S/C22H17N5O/c28-22(23-18-14-8-3-9-15-18)25-21-24-19(16-10-4-1-5-11-16)20(26-27-21)17-12-6-2-7-13-17/h1-15H,(H2,23,24,25,27,28). The second-order valence-corrected chi connectivity index (χ2v) is 6.01. The van der Waals surface area contributed by atoms with E-state index in [9.17, 15) is 4.79 Å². The fourth-order valence-corrected chi connectivity index (χ4v) is 2.75. The zero-order valence-electron chi connectivity index (χ0n) is 14.9. The molecule has 0 aliphatic heterocycles. The third-order valence-corrected chi connectivity index (χ3v) is 4.04. The van der Waals surface area contributed by atoms with Crippen molar-refractivity contribution in [3.05, 3.63) is 91.0 Å². The van der Waals surface area contributed by atoms with Crippen LogP contribution in [-0.2, 0) is 0 Å². The normalized spacial score (nSPS) is 10.3. The van der Waals surface area contributed by atoms with Gasteiger partial charge in [-0.05, 0) is 12.1 Å². The van der Waals surface area contributed by atoms with E-state index in [2.05, 4.69) is 25.8 Å². The highest BCUT2D eigenvalue weighted by molar-refractivity contribution is 5.98. The number of amides is 2. The van der Waals surface area contributed by atoms with Crippen LogP contribution >= 0.6 is 0 Å². The third-order valence-electron chi connectivity index (χ3n) is 4.04. The monoisotopic (exact) mass is 367 g/mol. The zero-order valence-corrected chi connectivity index (χ0v) is 14.9. The Hall–Kier alpha value is -4.06. The van der Waals surface area contributed by atoms with E-state index in [1.807, 2.05) is 78.9 Å². The molecule has 0 unspecified atom stereocenters. The summed E-state index contributed by atoms with van der Waals surface area (Å²) in [5.41, 5.74) is 3.78. The Bertz CT molecular complexity index is 1070. The Labute approximate surface area is 162 Å². The minimum absolute atomic E-state index is 0.131. The van der Waals surface area contributed by atoms with Crippen molar-refractivity contribution in [1.82, 2.24) is 15.2 Å². The molecule has 0 aliphatic rings. The van der Waals surface area contributed by atoms with Gasteiger partial charge in [0, 0.05) is 16.8 Å². The number of carbonyl (C=O) groups is 1. The molecule has 0 saturated carbocycles. The van der Waals surface area contributed by atoms with E-state index < -0.39 is 6.03 Å². The van der Waals surface area contributed by atoms with E-state index in [1.54, 1.807) is 12.1 Å². The second kappa shape index (κ2) is 8.09. The molecular weight excluding hydrogens is 350 g/mol. The van der Waals surface area contributed by atoms with Gasteiger partial charge in [-0.1, -0.05) is 78.9 Å². The summed E-state index contributed by atoms with van der Waals surface area (Å²) in [5, 5.41) is 13.8. The number of benzene rings is 3. The number of hydrogen-bond acceptors (Lipinski definition) is 4. The van der Waals surface area contributed by atoms with Crippen molar-refractivity contribution >= 4 is 17.7 Å². The lowest BCUT2D eigenvalue weighted by Crippen LogP contribution is -2.21. The number of rotatable bonds is 4. The molecule has 0 atom stereocenters. The first-order valence-electron chi connectivity index (χ1n) is 8.78. The van der Waals surface area contributed by atoms with Gasteiger partial charge in [0.25, 0.3) is 5.95 Å². The zero-order chi connectivity index (χ0) is 19.2. The average Bonchev–Trinajstić information content (AvgIpc) is 2.75. The first-order chi connectivity index (χ1) is 13.8. The number of aromatic nitrogens is 3. The third kappa shape index (κ3) is 4.02. The Morgan fingerprint density at radius 1 is 0.607 bits per heavy atom. The summed E-state index contributed by atoms with van der Waals surface area (Å²) in [5.74, 6) is 0.131. The van der Waals surface area contributed by atoms with Crippen molar-refractivity contribution in [1.29, 1.82) is 0 Å². The molecule has 28 heavy (non-hydrogen) atoms. The summed E-state index contributed by atoms with van der Waals surface area (Å²) in [7, 11) is 0. The molecule has 0 bridgehead atoms. The van der Waals surface area contributed by atoms with Crippen LogP contribution in [0.2, 0.25) is 0 Å². The van der Waals surface area contributed by atoms with Crippen molar-refractivity contribution in [3.63, 3.8) is 0 Å². The first kappa shape index (κ1) is 17.4. The van der Waals surface area contributed by atoms with Gasteiger partial charge in [-0.25, -0.2) is 9.78 Å². The number of nitrogens with one attached hydrogen (secondary N) is 2. The number of urea groups is 1. The molecule has 2 amide bonds. The summed E-state index contributed by atoms with van der Waals surface area (Å²) in [6.45, 7) is 0. The van der Waals surface area contributed by atoms with Crippen LogP contribution < -0.4 is 10.6 Å². The molecule has 3 aromatic carbocycles. The Kier molecular flexibility index (Phi) is 5.02. The van der Waals surface area contributed by atoms with Crippen LogP contribution in [0.4, 0.5) is 16.4 Å². The molecule has 0 aliphatic carbocycles. The number of carbonyl (C=O) groups excluding carboxylic acids is 1. The van der Waals surface area contributed by atoms with Crippen LogP contribution in [0.3, 0.4) is 0 Å². The molecule has 4 aromatic rings. The largest absolute Gasteiger partial charge is 0.326 e. The molecule has 0 fully saturated rings. The van der Waals surface area contributed by atoms with Gasteiger partial charge in [0.05, 0.1) is 0 Å². The van der Waals surface area contributed by atoms with E-state index in [0.29, 0.717) is 17.1 Å². The smallest absolute Gasteiger partial charge is 0.308 e. The molecule has 2 N–H and O–H groups in total. The Morgan fingerprint density at radius 3 is 1.75 bits per heavy atom. The van der Waals surface area contributed by atoms with E-state index in [0.717, 1.165) is 11.1 Å². The second-order valence-electron chi connectivity index (χ2n) is 6.01. The van der Waals surface area contributed by atoms with E-state index in [1.165, 1.54) is 0 Å². The quantitative estimate of drug-likeness (QED) is 0.540. The lowest BCUT2D eigenvalue weighted by Gasteiger charge is -2.10. The lowest BCUT2D eigenvalue weighted by molar-refractivity contribution is 0.262. The van der Waals surface area contributed by atoms with Crippen LogP contribution in [0.1, 0.15) is 0 Å². The molecule has 1 heterocycles. The Morgan fingerprint density at radius 2 is 1.14 bits per heavy atom. The van der Waals surface area contributed by atoms with Gasteiger partial charge in [-0.2, -0.15) is 0 Å². The molecule has 6 heteroatoms. The summed E-state index contributed by atoms with van der Waals surface area (Å²) in [6, 6.07) is 28.1. The van der Waals surface area contributed by atoms with Crippen LogP contribution in [0.15, 0.2) is 91.0 Å². The van der Waals surface area contributed by atoms with Gasteiger partial charge in [0.15, 0.2) is 0 Å². The van der Waals surface area contributed by atoms with E-state index in [4.69, 9.17) is 0 Å². The molecular formula is C22H17N5O. The SMILES string of the molecule is O=C(Nc1ccccc1)Nc1nnc(-c2ccccc2)c(-c2ccccc2)n1. The maximum absolute atomic E-state index is 12.3. The molecule has 1 aromatic heterocycles. The molecule has 0 saturated heterocycles. The number of para-hydroxylation sites is 1. The number of nitrogens with zero attached hydrogens (tertiary/aromatic N) is 3. The summed E-state index contributed by atoms with van der Waals surface area (Å²) < 4.78 is 0. The van der Waals surface area contributed by atoms with E-state index >= 15 is 0 Å². The fourth-order valence-electron chi connectivity index (χ4n) is 2.75. The van der Waals surface area contributed by atoms with Crippen LogP contribution in [-0.4, -0.2) is 21.2 Å². The maximum Gasteiger partial charge on any atom is 0.326 e.